The predicted octanol–water partition coefficient (Wildman–Crippen LogP) is 3.56. The first-order valence-electron chi connectivity index (χ1n) is 8.05. The van der Waals surface area contributed by atoms with Gasteiger partial charge in [-0.1, -0.05) is 25.0 Å². The van der Waals surface area contributed by atoms with Crippen molar-refractivity contribution in [2.45, 2.75) is 49.8 Å². The molecule has 22 heavy (non-hydrogen) atoms. The van der Waals surface area contributed by atoms with Crippen molar-refractivity contribution in [2.24, 2.45) is 0 Å². The molecule has 1 saturated heterocycles. The maximum absolute atomic E-state index is 9.56. The SMILES string of the molecule is COC1(CCCc2cccc(O)c2)CCCC[Si]1(OC)OC. The molecule has 2 rings (SSSR count). The van der Waals surface area contributed by atoms with Crippen LogP contribution in [0, 0.1) is 0 Å². The fourth-order valence-corrected chi connectivity index (χ4v) is 7.73. The molecule has 1 aromatic rings. The smallest absolute Gasteiger partial charge is 0.370 e. The van der Waals surface area contributed by atoms with Crippen molar-refractivity contribution >= 4 is 8.56 Å². The largest absolute Gasteiger partial charge is 0.508 e. The third kappa shape index (κ3) is 3.38. The van der Waals surface area contributed by atoms with Crippen molar-refractivity contribution in [1.82, 2.24) is 0 Å². The Morgan fingerprint density at radius 1 is 1.18 bits per heavy atom. The Bertz CT molecular complexity index is 475. The molecular formula is C17H28O4Si. The number of phenolic OH excluding ortho intramolecular Hbond substituents is 1. The van der Waals surface area contributed by atoms with E-state index in [0.717, 1.165) is 43.7 Å². The molecule has 0 spiro atoms. The Hall–Kier alpha value is -0.883. The molecule has 0 radical (unpaired) electrons. The summed E-state index contributed by atoms with van der Waals surface area (Å²) in [6, 6.07) is 8.48. The molecule has 1 aliphatic heterocycles. The molecule has 0 amide bonds. The van der Waals surface area contributed by atoms with Gasteiger partial charge in [-0.2, -0.15) is 0 Å². The van der Waals surface area contributed by atoms with Crippen molar-refractivity contribution < 1.29 is 18.7 Å². The van der Waals surface area contributed by atoms with Gasteiger partial charge in [-0.3, -0.25) is 0 Å². The van der Waals surface area contributed by atoms with E-state index in [1.807, 2.05) is 12.1 Å². The normalized spacial score (nSPS) is 24.3. The van der Waals surface area contributed by atoms with Crippen LogP contribution in [0.3, 0.4) is 0 Å². The highest BCUT2D eigenvalue weighted by Gasteiger charge is 2.58. The topological polar surface area (TPSA) is 47.9 Å². The minimum atomic E-state index is -2.33. The van der Waals surface area contributed by atoms with Crippen LogP contribution in [0.2, 0.25) is 6.04 Å². The molecule has 1 heterocycles. The lowest BCUT2D eigenvalue weighted by Crippen LogP contribution is -2.64. The zero-order chi connectivity index (χ0) is 16.1. The molecule has 4 nitrogen and oxygen atoms in total. The quantitative estimate of drug-likeness (QED) is 0.779. The van der Waals surface area contributed by atoms with Crippen LogP contribution in [0.15, 0.2) is 24.3 Å². The average molecular weight is 324 g/mol. The van der Waals surface area contributed by atoms with E-state index in [0.29, 0.717) is 5.75 Å². The summed E-state index contributed by atoms with van der Waals surface area (Å²) in [6.07, 6.45) is 6.20. The van der Waals surface area contributed by atoms with Crippen molar-refractivity contribution in [3.05, 3.63) is 29.8 Å². The van der Waals surface area contributed by atoms with Gasteiger partial charge in [-0.05, 0) is 49.4 Å². The molecule has 1 fully saturated rings. The van der Waals surface area contributed by atoms with Crippen LogP contribution in [-0.4, -0.2) is 40.2 Å². The maximum atomic E-state index is 9.56. The highest BCUT2D eigenvalue weighted by Crippen LogP contribution is 2.43. The summed E-state index contributed by atoms with van der Waals surface area (Å²) in [6.45, 7) is 0. The van der Waals surface area contributed by atoms with Crippen LogP contribution in [0.5, 0.6) is 5.75 Å². The molecule has 1 N–H and O–H groups in total. The van der Waals surface area contributed by atoms with Gasteiger partial charge in [0.1, 0.15) is 11.0 Å². The lowest BCUT2D eigenvalue weighted by molar-refractivity contribution is -0.0156. The summed E-state index contributed by atoms with van der Waals surface area (Å²) in [7, 11) is 3.00. The number of methoxy groups -OCH3 is 1. The van der Waals surface area contributed by atoms with Crippen molar-refractivity contribution in [3.8, 4) is 5.75 Å². The summed E-state index contributed by atoms with van der Waals surface area (Å²) < 4.78 is 17.8. The standard InChI is InChI=1S/C17H28O4Si/c1-19-17(11-4-5-13-22(17,20-2)21-3)12-7-9-15-8-6-10-16(18)14-15/h6,8,10,14,18H,4-5,7,9,11-13H2,1-3H3. The van der Waals surface area contributed by atoms with Crippen LogP contribution in [-0.2, 0) is 20.0 Å². The number of rotatable bonds is 7. The summed E-state index contributed by atoms with van der Waals surface area (Å²) in [5.74, 6) is 0.328. The number of aryl methyl sites for hydroxylation is 1. The number of hydrogen-bond donors (Lipinski definition) is 1. The molecule has 0 aromatic heterocycles. The van der Waals surface area contributed by atoms with Crippen LogP contribution >= 0.6 is 0 Å². The maximum Gasteiger partial charge on any atom is 0.370 e. The van der Waals surface area contributed by atoms with Gasteiger partial charge >= 0.3 is 8.56 Å². The van der Waals surface area contributed by atoms with Crippen LogP contribution in [0.25, 0.3) is 0 Å². The second-order valence-corrected chi connectivity index (χ2v) is 9.82. The highest BCUT2D eigenvalue weighted by atomic mass is 28.4. The fraction of sp³-hybridized carbons (Fsp3) is 0.647. The number of benzene rings is 1. The number of aromatic hydroxyl groups is 1. The minimum absolute atomic E-state index is 0.258. The Morgan fingerprint density at radius 2 is 1.95 bits per heavy atom. The van der Waals surface area contributed by atoms with E-state index in [2.05, 4.69) is 6.07 Å². The van der Waals surface area contributed by atoms with Gasteiger partial charge in [0, 0.05) is 21.3 Å². The zero-order valence-corrected chi connectivity index (χ0v) is 14.9. The first kappa shape index (κ1) is 17.5. The number of ether oxygens (including phenoxy) is 1. The monoisotopic (exact) mass is 324 g/mol. The van der Waals surface area contributed by atoms with Crippen molar-refractivity contribution in [2.75, 3.05) is 21.3 Å². The van der Waals surface area contributed by atoms with Gasteiger partial charge in [0.2, 0.25) is 0 Å². The minimum Gasteiger partial charge on any atom is -0.508 e. The highest BCUT2D eigenvalue weighted by molar-refractivity contribution is 6.70. The van der Waals surface area contributed by atoms with E-state index < -0.39 is 8.56 Å². The van der Waals surface area contributed by atoms with Crippen LogP contribution < -0.4 is 0 Å². The van der Waals surface area contributed by atoms with E-state index in [1.165, 1.54) is 6.42 Å². The van der Waals surface area contributed by atoms with E-state index in [-0.39, 0.29) is 5.22 Å². The van der Waals surface area contributed by atoms with E-state index >= 15 is 0 Å². The van der Waals surface area contributed by atoms with E-state index in [9.17, 15) is 5.11 Å². The molecule has 1 atom stereocenters. The lowest BCUT2D eigenvalue weighted by atomic mass is 10.0. The van der Waals surface area contributed by atoms with Gasteiger partial charge in [0.15, 0.2) is 0 Å². The predicted molar refractivity (Wildman–Crippen MR) is 89.2 cm³/mol. The second kappa shape index (κ2) is 7.59. The molecule has 1 unspecified atom stereocenters. The Kier molecular flexibility index (Phi) is 6.03. The summed E-state index contributed by atoms with van der Waals surface area (Å²) >= 11 is 0. The number of hydrogen-bond acceptors (Lipinski definition) is 4. The van der Waals surface area contributed by atoms with Crippen LogP contribution in [0.4, 0.5) is 0 Å². The van der Waals surface area contributed by atoms with Gasteiger partial charge < -0.3 is 18.7 Å². The summed E-state index contributed by atoms with van der Waals surface area (Å²) in [5.41, 5.74) is 1.16. The van der Waals surface area contributed by atoms with E-state index in [4.69, 9.17) is 13.6 Å². The third-order valence-corrected chi connectivity index (χ3v) is 9.46. The first-order chi connectivity index (χ1) is 10.6. The Labute approximate surface area is 134 Å². The van der Waals surface area contributed by atoms with Gasteiger partial charge in [-0.15, -0.1) is 0 Å². The number of phenols is 1. The Balaban J connectivity index is 2.06. The lowest BCUT2D eigenvalue weighted by Gasteiger charge is -2.48. The van der Waals surface area contributed by atoms with Crippen molar-refractivity contribution in [3.63, 3.8) is 0 Å². The third-order valence-electron chi connectivity index (χ3n) is 5.04. The van der Waals surface area contributed by atoms with Gasteiger partial charge in [0.05, 0.1) is 0 Å². The molecule has 1 aromatic carbocycles. The van der Waals surface area contributed by atoms with Gasteiger partial charge in [-0.25, -0.2) is 0 Å². The molecule has 1 aliphatic rings. The van der Waals surface area contributed by atoms with E-state index in [1.54, 1.807) is 27.4 Å². The molecule has 5 heteroatoms. The second-order valence-electron chi connectivity index (χ2n) is 6.09. The fourth-order valence-electron chi connectivity index (χ4n) is 3.81. The first-order valence-corrected chi connectivity index (χ1v) is 10.1. The molecular weight excluding hydrogens is 296 g/mol. The molecule has 0 aliphatic carbocycles. The summed E-state index contributed by atoms with van der Waals surface area (Å²) in [4.78, 5) is 0. The van der Waals surface area contributed by atoms with Gasteiger partial charge in [0.25, 0.3) is 0 Å². The van der Waals surface area contributed by atoms with Crippen LogP contribution in [0.1, 0.15) is 37.7 Å². The summed E-state index contributed by atoms with van der Waals surface area (Å²) in [5, 5.41) is 9.30. The molecule has 124 valence electrons. The molecule has 0 bridgehead atoms. The average Bonchev–Trinajstić information content (AvgIpc) is 2.55. The molecule has 0 saturated carbocycles. The van der Waals surface area contributed by atoms with Crippen molar-refractivity contribution in [1.29, 1.82) is 0 Å². The Morgan fingerprint density at radius 3 is 2.59 bits per heavy atom. The zero-order valence-electron chi connectivity index (χ0n) is 13.9.